The lowest BCUT2D eigenvalue weighted by Crippen LogP contribution is -2.14. The second kappa shape index (κ2) is 7.66. The summed E-state index contributed by atoms with van der Waals surface area (Å²) in [5, 5.41) is 0. The molecular formula is C20H22N2O2S. The molecule has 0 saturated heterocycles. The number of carbonyl (C=O) groups is 1. The van der Waals surface area contributed by atoms with Gasteiger partial charge in [0, 0.05) is 7.05 Å². The molecule has 25 heavy (non-hydrogen) atoms. The topological polar surface area (TPSA) is 43.6 Å². The molecule has 0 atom stereocenters. The highest BCUT2D eigenvalue weighted by molar-refractivity contribution is 7.16. The summed E-state index contributed by atoms with van der Waals surface area (Å²) in [4.78, 5) is 17.1. The van der Waals surface area contributed by atoms with Crippen LogP contribution < -0.4 is 9.54 Å². The van der Waals surface area contributed by atoms with E-state index in [0.29, 0.717) is 12.5 Å². The first kappa shape index (κ1) is 17.4. The van der Waals surface area contributed by atoms with Crippen LogP contribution in [0.1, 0.15) is 31.7 Å². The molecule has 130 valence electrons. The predicted octanol–water partition coefficient (Wildman–Crippen LogP) is 4.26. The predicted molar refractivity (Wildman–Crippen MR) is 102 cm³/mol. The quantitative estimate of drug-likeness (QED) is 0.687. The van der Waals surface area contributed by atoms with Crippen molar-refractivity contribution in [3.05, 3.63) is 58.9 Å². The van der Waals surface area contributed by atoms with Crippen LogP contribution >= 0.6 is 11.3 Å². The Labute approximate surface area is 151 Å². The van der Waals surface area contributed by atoms with Gasteiger partial charge < -0.3 is 9.30 Å². The number of amides is 1. The fourth-order valence-corrected chi connectivity index (χ4v) is 3.64. The number of aromatic nitrogens is 1. The second-order valence-electron chi connectivity index (χ2n) is 6.24. The molecule has 0 bridgehead atoms. The van der Waals surface area contributed by atoms with Crippen LogP contribution in [0.2, 0.25) is 0 Å². The van der Waals surface area contributed by atoms with Crippen molar-refractivity contribution in [2.45, 2.75) is 26.2 Å². The summed E-state index contributed by atoms with van der Waals surface area (Å²) in [6.07, 6.45) is 0.264. The highest BCUT2D eigenvalue weighted by Gasteiger charge is 2.08. The number of hydrogen-bond donors (Lipinski definition) is 0. The minimum absolute atomic E-state index is 0.165. The molecule has 0 unspecified atom stereocenters. The van der Waals surface area contributed by atoms with Crippen LogP contribution in [0.15, 0.2) is 53.5 Å². The number of nitrogens with zero attached hydrogens (tertiary/aromatic N) is 2. The first-order chi connectivity index (χ1) is 12.0. The number of benzene rings is 2. The largest absolute Gasteiger partial charge is 0.493 e. The molecule has 0 spiro atoms. The summed E-state index contributed by atoms with van der Waals surface area (Å²) in [5.41, 5.74) is 2.39. The van der Waals surface area contributed by atoms with E-state index >= 15 is 0 Å². The van der Waals surface area contributed by atoms with E-state index < -0.39 is 0 Å². The molecule has 0 fully saturated rings. The van der Waals surface area contributed by atoms with Crippen molar-refractivity contribution in [1.82, 2.24) is 4.57 Å². The van der Waals surface area contributed by atoms with Crippen molar-refractivity contribution in [3.63, 3.8) is 0 Å². The molecule has 1 amide bonds. The van der Waals surface area contributed by atoms with Crippen LogP contribution in [0.25, 0.3) is 10.2 Å². The van der Waals surface area contributed by atoms with Gasteiger partial charge in [0.25, 0.3) is 5.91 Å². The number of hydrogen-bond acceptors (Lipinski definition) is 3. The molecule has 0 aliphatic heterocycles. The molecule has 2 aromatic carbocycles. The average molecular weight is 354 g/mol. The van der Waals surface area contributed by atoms with Gasteiger partial charge in [-0.3, -0.25) is 4.79 Å². The number of ether oxygens (including phenoxy) is 1. The maximum absolute atomic E-state index is 12.2. The summed E-state index contributed by atoms with van der Waals surface area (Å²) in [6.45, 7) is 4.69. The zero-order valence-electron chi connectivity index (χ0n) is 14.7. The van der Waals surface area contributed by atoms with Crippen molar-refractivity contribution in [3.8, 4) is 5.75 Å². The van der Waals surface area contributed by atoms with Gasteiger partial charge in [-0.2, -0.15) is 4.99 Å². The molecular weight excluding hydrogens is 332 g/mol. The molecule has 0 radical (unpaired) electrons. The first-order valence-corrected chi connectivity index (χ1v) is 9.21. The van der Waals surface area contributed by atoms with Gasteiger partial charge in [-0.25, -0.2) is 0 Å². The van der Waals surface area contributed by atoms with E-state index in [1.807, 2.05) is 41.9 Å². The normalized spacial score (nSPS) is 12.1. The maximum atomic E-state index is 12.2. The molecule has 3 aromatic rings. The number of para-hydroxylation sites is 1. The molecule has 1 heterocycles. The zero-order chi connectivity index (χ0) is 17.8. The van der Waals surface area contributed by atoms with Crippen molar-refractivity contribution >= 4 is 27.5 Å². The summed E-state index contributed by atoms with van der Waals surface area (Å²) in [6, 6.07) is 15.9. The van der Waals surface area contributed by atoms with E-state index in [4.69, 9.17) is 4.74 Å². The van der Waals surface area contributed by atoms with Crippen LogP contribution in [0.3, 0.4) is 0 Å². The fraction of sp³-hybridized carbons (Fsp3) is 0.300. The van der Waals surface area contributed by atoms with Gasteiger partial charge in [0.2, 0.25) is 0 Å². The van der Waals surface area contributed by atoms with Crippen molar-refractivity contribution in [2.75, 3.05) is 6.61 Å². The maximum Gasteiger partial charge on any atom is 0.251 e. The van der Waals surface area contributed by atoms with Crippen LogP contribution in [-0.4, -0.2) is 17.1 Å². The third-order valence-electron chi connectivity index (χ3n) is 4.05. The monoisotopic (exact) mass is 354 g/mol. The Morgan fingerprint density at radius 3 is 2.68 bits per heavy atom. The molecule has 0 saturated carbocycles. The molecule has 0 aliphatic carbocycles. The Morgan fingerprint density at radius 2 is 1.96 bits per heavy atom. The Kier molecular flexibility index (Phi) is 5.34. The smallest absolute Gasteiger partial charge is 0.251 e. The minimum atomic E-state index is -0.165. The summed E-state index contributed by atoms with van der Waals surface area (Å²) in [5.74, 6) is 1.08. The lowest BCUT2D eigenvalue weighted by atomic mass is 10.0. The van der Waals surface area contributed by atoms with Gasteiger partial charge in [-0.05, 0) is 35.7 Å². The lowest BCUT2D eigenvalue weighted by Gasteiger charge is -2.04. The number of fused-ring (bicyclic) bond motifs is 1. The first-order valence-electron chi connectivity index (χ1n) is 8.39. The van der Waals surface area contributed by atoms with Crippen LogP contribution in [-0.2, 0) is 11.8 Å². The van der Waals surface area contributed by atoms with Crippen LogP contribution in [0, 0.1) is 0 Å². The lowest BCUT2D eigenvalue weighted by molar-refractivity contribution is -0.118. The van der Waals surface area contributed by atoms with Crippen molar-refractivity contribution in [2.24, 2.45) is 12.0 Å². The molecule has 1 aromatic heterocycles. The molecule has 3 rings (SSSR count). The van der Waals surface area contributed by atoms with Gasteiger partial charge in [-0.1, -0.05) is 49.4 Å². The van der Waals surface area contributed by atoms with E-state index in [2.05, 4.69) is 37.0 Å². The van der Waals surface area contributed by atoms with Gasteiger partial charge in [0.05, 0.1) is 23.2 Å². The standard InChI is InChI=1S/C20H22N2O2S/c1-14(2)15-9-10-17-18(13-15)25-20(22(17)3)21-19(23)11-12-24-16-7-5-4-6-8-16/h4-10,13-14H,11-12H2,1-3H3. The molecule has 0 aliphatic rings. The van der Waals surface area contributed by atoms with Crippen molar-refractivity contribution in [1.29, 1.82) is 0 Å². The number of thiazole rings is 1. The van der Waals surface area contributed by atoms with E-state index in [9.17, 15) is 4.79 Å². The van der Waals surface area contributed by atoms with Crippen LogP contribution in [0.5, 0.6) is 5.75 Å². The zero-order valence-corrected chi connectivity index (χ0v) is 15.5. The van der Waals surface area contributed by atoms with Crippen molar-refractivity contribution < 1.29 is 9.53 Å². The Balaban J connectivity index is 1.73. The van der Waals surface area contributed by atoms with Gasteiger partial charge >= 0.3 is 0 Å². The summed E-state index contributed by atoms with van der Waals surface area (Å²) >= 11 is 1.55. The molecule has 4 nitrogen and oxygen atoms in total. The van der Waals surface area contributed by atoms with E-state index in [0.717, 1.165) is 20.8 Å². The highest BCUT2D eigenvalue weighted by Crippen LogP contribution is 2.23. The third-order valence-corrected chi connectivity index (χ3v) is 5.14. The molecule has 5 heteroatoms. The van der Waals surface area contributed by atoms with Gasteiger partial charge in [-0.15, -0.1) is 0 Å². The fourth-order valence-electron chi connectivity index (χ4n) is 2.55. The Hall–Kier alpha value is -2.40. The van der Waals surface area contributed by atoms with E-state index in [1.165, 1.54) is 5.56 Å². The van der Waals surface area contributed by atoms with Gasteiger partial charge in [0.1, 0.15) is 5.75 Å². The Morgan fingerprint density at radius 1 is 1.20 bits per heavy atom. The highest BCUT2D eigenvalue weighted by atomic mass is 32.1. The summed E-state index contributed by atoms with van der Waals surface area (Å²) in [7, 11) is 1.94. The average Bonchev–Trinajstić information content (AvgIpc) is 2.91. The van der Waals surface area contributed by atoms with E-state index in [-0.39, 0.29) is 12.3 Å². The number of aryl methyl sites for hydroxylation is 1. The SMILES string of the molecule is CC(C)c1ccc2c(c1)sc(=NC(=O)CCOc1ccccc1)n2C. The van der Waals surface area contributed by atoms with Gasteiger partial charge in [0.15, 0.2) is 4.80 Å². The Bertz CT molecular complexity index is 939. The third kappa shape index (κ3) is 4.17. The number of rotatable bonds is 5. The second-order valence-corrected chi connectivity index (χ2v) is 7.25. The summed E-state index contributed by atoms with van der Waals surface area (Å²) < 4.78 is 8.69. The minimum Gasteiger partial charge on any atom is -0.493 e. The van der Waals surface area contributed by atoms with Crippen LogP contribution in [0.4, 0.5) is 0 Å². The number of carbonyl (C=O) groups excluding carboxylic acids is 1. The molecule has 0 N–H and O–H groups in total. The van der Waals surface area contributed by atoms with E-state index in [1.54, 1.807) is 11.3 Å².